The van der Waals surface area contributed by atoms with Gasteiger partial charge in [-0.1, -0.05) is 52.7 Å². The van der Waals surface area contributed by atoms with Gasteiger partial charge in [-0.15, -0.1) is 0 Å². The number of hydrogen-bond acceptors (Lipinski definition) is 5. The number of ether oxygens (including phenoxy) is 3. The minimum Gasteiger partial charge on any atom is -0.382 e. The number of fused-ring (bicyclic) bond motifs is 3. The van der Waals surface area contributed by atoms with E-state index >= 15 is 0 Å². The number of nitrogens with zero attached hydrogens (tertiary/aromatic N) is 2. The molecule has 1 aromatic carbocycles. The Kier molecular flexibility index (Phi) is 8.41. The van der Waals surface area contributed by atoms with Crippen LogP contribution < -0.4 is 5.32 Å². The molecule has 2 aromatic heterocycles. The van der Waals surface area contributed by atoms with Gasteiger partial charge in [0.05, 0.1) is 30.6 Å². The van der Waals surface area contributed by atoms with E-state index in [-0.39, 0.29) is 18.2 Å². The predicted octanol–water partition coefficient (Wildman–Crippen LogP) is 5.77. The normalized spacial score (nSPS) is 20.1. The number of rotatable bonds is 11. The summed E-state index contributed by atoms with van der Waals surface area (Å²) >= 11 is 3.52. The van der Waals surface area contributed by atoms with Gasteiger partial charge in [-0.2, -0.15) is 0 Å². The number of halogens is 1. The van der Waals surface area contributed by atoms with Crippen molar-refractivity contribution >= 4 is 27.3 Å². The molecule has 0 unspecified atom stereocenters. The van der Waals surface area contributed by atoms with Crippen LogP contribution in [0.2, 0.25) is 0 Å². The number of benzene rings is 1. The first kappa shape index (κ1) is 24.2. The van der Waals surface area contributed by atoms with Crippen LogP contribution in [-0.4, -0.2) is 47.7 Å². The largest absolute Gasteiger partial charge is 0.382 e. The van der Waals surface area contributed by atoms with Crippen molar-refractivity contribution in [3.63, 3.8) is 0 Å². The second-order valence-corrected chi connectivity index (χ2v) is 9.32. The average molecular weight is 516 g/mol. The Bertz CT molecular complexity index is 1040. The summed E-state index contributed by atoms with van der Waals surface area (Å²) in [5.74, 6) is 0. The molecule has 4 rings (SSSR count). The first-order chi connectivity index (χ1) is 16.2. The van der Waals surface area contributed by atoms with Gasteiger partial charge in [0, 0.05) is 36.5 Å². The molecule has 0 saturated carbocycles. The summed E-state index contributed by atoms with van der Waals surface area (Å²) in [6, 6.07) is 12.6. The van der Waals surface area contributed by atoms with E-state index in [9.17, 15) is 0 Å². The summed E-state index contributed by atoms with van der Waals surface area (Å²) in [7, 11) is 1.70. The molecule has 0 aliphatic carbocycles. The molecule has 33 heavy (non-hydrogen) atoms. The standard InChI is InChI=1S/C26H34BrN3O3/c1-18-19(2)30-14-12-21-23(26(30)28-18)29-22(20-10-6-4-7-11-20)25(24(21)33-17-16-31-3)32-15-9-5-8-13-27/h4,6-7,10-12,14,22,24-25,29H,5,8-9,13,15-17H2,1-3H3/t22-,24-,25-/m1/s1. The van der Waals surface area contributed by atoms with Gasteiger partial charge >= 0.3 is 0 Å². The van der Waals surface area contributed by atoms with Crippen LogP contribution in [0.4, 0.5) is 5.69 Å². The fraction of sp³-hybridized carbons (Fsp3) is 0.500. The Morgan fingerprint density at radius 1 is 1.00 bits per heavy atom. The molecule has 0 fully saturated rings. The lowest BCUT2D eigenvalue weighted by Crippen LogP contribution is -2.40. The molecule has 3 atom stereocenters. The predicted molar refractivity (Wildman–Crippen MR) is 135 cm³/mol. The second-order valence-electron chi connectivity index (χ2n) is 8.52. The number of anilines is 1. The monoisotopic (exact) mass is 515 g/mol. The Balaban J connectivity index is 1.74. The zero-order valence-corrected chi connectivity index (χ0v) is 21.3. The lowest BCUT2D eigenvalue weighted by molar-refractivity contribution is -0.0952. The van der Waals surface area contributed by atoms with Crippen LogP contribution >= 0.6 is 15.9 Å². The molecule has 1 N–H and O–H groups in total. The molecular formula is C26H34BrN3O3. The zero-order valence-electron chi connectivity index (χ0n) is 19.7. The summed E-state index contributed by atoms with van der Waals surface area (Å²) in [5, 5.41) is 4.82. The van der Waals surface area contributed by atoms with Crippen LogP contribution in [0.15, 0.2) is 42.6 Å². The van der Waals surface area contributed by atoms with Crippen molar-refractivity contribution in [2.24, 2.45) is 0 Å². The highest BCUT2D eigenvalue weighted by Gasteiger charge is 2.40. The highest BCUT2D eigenvalue weighted by Crippen LogP contribution is 2.44. The molecule has 1 aliphatic heterocycles. The van der Waals surface area contributed by atoms with Crippen molar-refractivity contribution in [1.82, 2.24) is 9.38 Å². The molecule has 178 valence electrons. The lowest BCUT2D eigenvalue weighted by atomic mass is 9.88. The number of imidazole rings is 1. The van der Waals surface area contributed by atoms with Crippen LogP contribution in [0.3, 0.4) is 0 Å². The summed E-state index contributed by atoms with van der Waals surface area (Å²) in [4.78, 5) is 4.88. The Morgan fingerprint density at radius 3 is 2.58 bits per heavy atom. The van der Waals surface area contributed by atoms with E-state index in [1.165, 1.54) is 5.56 Å². The number of methoxy groups -OCH3 is 1. The molecule has 7 heteroatoms. The van der Waals surface area contributed by atoms with Crippen molar-refractivity contribution < 1.29 is 14.2 Å². The van der Waals surface area contributed by atoms with Crippen LogP contribution in [0.5, 0.6) is 0 Å². The maximum absolute atomic E-state index is 6.57. The van der Waals surface area contributed by atoms with Gasteiger partial charge in [-0.3, -0.25) is 0 Å². The summed E-state index contributed by atoms with van der Waals surface area (Å²) in [5.41, 5.74) is 6.39. The van der Waals surface area contributed by atoms with Gasteiger partial charge in [0.15, 0.2) is 5.65 Å². The van der Waals surface area contributed by atoms with Crippen LogP contribution in [-0.2, 0) is 14.2 Å². The minimum absolute atomic E-state index is 0.0501. The molecule has 0 spiro atoms. The molecule has 3 aromatic rings. The summed E-state index contributed by atoms with van der Waals surface area (Å²) in [6.07, 6.45) is 5.02. The Hall–Kier alpha value is -1.93. The average Bonchev–Trinajstić information content (AvgIpc) is 3.13. The SMILES string of the molecule is COCCO[C@@H]1c2ccn3c(C)c(C)nc3c2N[C@H](c2ccccc2)[C@H]1OCCCCCBr. The van der Waals surface area contributed by atoms with Crippen LogP contribution in [0, 0.1) is 13.8 Å². The van der Waals surface area contributed by atoms with E-state index in [0.717, 1.165) is 52.9 Å². The first-order valence-electron chi connectivity index (χ1n) is 11.7. The van der Waals surface area contributed by atoms with Crippen molar-refractivity contribution in [2.75, 3.05) is 37.6 Å². The molecule has 0 radical (unpaired) electrons. The molecule has 0 amide bonds. The van der Waals surface area contributed by atoms with E-state index in [4.69, 9.17) is 19.2 Å². The summed E-state index contributed by atoms with van der Waals surface area (Å²) in [6.45, 7) is 5.90. The van der Waals surface area contributed by atoms with Gasteiger partial charge < -0.3 is 23.9 Å². The van der Waals surface area contributed by atoms with Gasteiger partial charge in [0.1, 0.15) is 12.2 Å². The number of hydrogen-bond donors (Lipinski definition) is 1. The van der Waals surface area contributed by atoms with Crippen molar-refractivity contribution in [1.29, 1.82) is 0 Å². The molecule has 3 heterocycles. The molecule has 0 bridgehead atoms. The van der Waals surface area contributed by atoms with Gasteiger partial charge in [-0.25, -0.2) is 4.98 Å². The molecular weight excluding hydrogens is 482 g/mol. The fourth-order valence-electron chi connectivity index (χ4n) is 4.48. The number of unbranched alkanes of at least 4 members (excludes halogenated alkanes) is 2. The topological polar surface area (TPSA) is 57.0 Å². The minimum atomic E-state index is -0.222. The number of aromatic nitrogens is 2. The molecule has 0 saturated heterocycles. The van der Waals surface area contributed by atoms with Gasteiger partial charge in [-0.05, 0) is 38.3 Å². The number of aryl methyl sites for hydroxylation is 2. The maximum Gasteiger partial charge on any atom is 0.161 e. The van der Waals surface area contributed by atoms with E-state index in [2.05, 4.69) is 76.0 Å². The van der Waals surface area contributed by atoms with Crippen molar-refractivity contribution in [2.45, 2.75) is 51.4 Å². The van der Waals surface area contributed by atoms with Gasteiger partial charge in [0.25, 0.3) is 0 Å². The van der Waals surface area contributed by atoms with Crippen molar-refractivity contribution in [3.8, 4) is 0 Å². The number of nitrogens with one attached hydrogen (secondary N) is 1. The summed E-state index contributed by atoms with van der Waals surface area (Å²) < 4.78 is 20.4. The van der Waals surface area contributed by atoms with Crippen LogP contribution in [0.25, 0.3) is 5.65 Å². The highest BCUT2D eigenvalue weighted by molar-refractivity contribution is 9.09. The quantitative estimate of drug-likeness (QED) is 0.259. The highest BCUT2D eigenvalue weighted by atomic mass is 79.9. The molecule has 6 nitrogen and oxygen atoms in total. The Morgan fingerprint density at radius 2 is 1.82 bits per heavy atom. The van der Waals surface area contributed by atoms with Gasteiger partial charge in [0.2, 0.25) is 0 Å². The van der Waals surface area contributed by atoms with E-state index in [1.54, 1.807) is 7.11 Å². The lowest BCUT2D eigenvalue weighted by Gasteiger charge is -2.40. The van der Waals surface area contributed by atoms with Crippen molar-refractivity contribution in [3.05, 3.63) is 65.1 Å². The van der Waals surface area contributed by atoms with Crippen LogP contribution in [0.1, 0.15) is 53.9 Å². The number of alkyl halides is 1. The van der Waals surface area contributed by atoms with E-state index in [0.29, 0.717) is 19.8 Å². The van der Waals surface area contributed by atoms with E-state index < -0.39 is 0 Å². The zero-order chi connectivity index (χ0) is 23.2. The third kappa shape index (κ3) is 5.27. The second kappa shape index (κ2) is 11.5. The maximum atomic E-state index is 6.57. The smallest absolute Gasteiger partial charge is 0.161 e. The first-order valence-corrected chi connectivity index (χ1v) is 12.9. The number of pyridine rings is 1. The third-order valence-electron chi connectivity index (χ3n) is 6.37. The third-order valence-corrected chi connectivity index (χ3v) is 6.93. The van der Waals surface area contributed by atoms with E-state index in [1.807, 2.05) is 6.07 Å². The molecule has 1 aliphatic rings. The Labute approximate surface area is 204 Å². The fourth-order valence-corrected chi connectivity index (χ4v) is 4.88.